The van der Waals surface area contributed by atoms with Crippen LogP contribution in [0, 0.1) is 0 Å². The highest BCUT2D eigenvalue weighted by Crippen LogP contribution is 2.31. The fraction of sp³-hybridized carbons (Fsp3) is 0.455. The van der Waals surface area contributed by atoms with Gasteiger partial charge >= 0.3 is 0 Å². The number of likely N-dealkylation sites (N-methyl/N-ethyl adjacent to an activating group) is 1. The summed E-state index contributed by atoms with van der Waals surface area (Å²) in [5.74, 6) is 0. The molecule has 0 amide bonds. The van der Waals surface area contributed by atoms with Gasteiger partial charge in [-0.1, -0.05) is 25.1 Å². The van der Waals surface area contributed by atoms with Crippen LogP contribution in [0.25, 0.3) is 0 Å². The second-order valence-electron chi connectivity index (χ2n) is 3.51. The first kappa shape index (κ1) is 7.66. The van der Waals surface area contributed by atoms with Crippen molar-refractivity contribution in [2.24, 2.45) is 0 Å². The summed E-state index contributed by atoms with van der Waals surface area (Å²) in [7, 11) is 2.19. The molecule has 0 saturated carbocycles. The summed E-state index contributed by atoms with van der Waals surface area (Å²) in [5.41, 5.74) is 2.93. The van der Waals surface area contributed by atoms with Crippen molar-refractivity contribution < 1.29 is 0 Å². The van der Waals surface area contributed by atoms with Crippen molar-refractivity contribution in [3.8, 4) is 0 Å². The molecule has 0 radical (unpaired) electrons. The highest BCUT2D eigenvalue weighted by molar-refractivity contribution is 5.58. The van der Waals surface area contributed by atoms with Crippen LogP contribution in [0.3, 0.4) is 0 Å². The summed E-state index contributed by atoms with van der Waals surface area (Å²) in [4.78, 5) is 2.40. The maximum Gasteiger partial charge on any atom is 0.0399 e. The van der Waals surface area contributed by atoms with Crippen LogP contribution in [0.1, 0.15) is 18.9 Å². The second kappa shape index (κ2) is 2.81. The molecule has 0 spiro atoms. The summed E-state index contributed by atoms with van der Waals surface area (Å²) in [6.07, 6.45) is 2.47. The third-order valence-electron chi connectivity index (χ3n) is 2.85. The molecule has 1 nitrogen and oxygen atoms in total. The molecule has 1 aliphatic heterocycles. The van der Waals surface area contributed by atoms with Gasteiger partial charge < -0.3 is 4.90 Å². The number of para-hydroxylation sites is 1. The summed E-state index contributed by atoms with van der Waals surface area (Å²) >= 11 is 0. The lowest BCUT2D eigenvalue weighted by Gasteiger charge is -2.20. The van der Waals surface area contributed by atoms with Crippen molar-refractivity contribution in [3.05, 3.63) is 29.8 Å². The maximum absolute atomic E-state index is 2.40. The SMILES string of the molecule is CCC1Cc2ccccc2N1C. The van der Waals surface area contributed by atoms with Crippen LogP contribution >= 0.6 is 0 Å². The Morgan fingerprint density at radius 1 is 1.42 bits per heavy atom. The molecule has 0 aliphatic carbocycles. The van der Waals surface area contributed by atoms with Gasteiger partial charge in [-0.25, -0.2) is 0 Å². The molecule has 0 saturated heterocycles. The molecule has 1 aliphatic rings. The van der Waals surface area contributed by atoms with E-state index in [0.717, 1.165) is 6.04 Å². The van der Waals surface area contributed by atoms with Crippen molar-refractivity contribution in [2.75, 3.05) is 11.9 Å². The molecule has 12 heavy (non-hydrogen) atoms. The smallest absolute Gasteiger partial charge is 0.0399 e. The predicted molar refractivity (Wildman–Crippen MR) is 52.6 cm³/mol. The van der Waals surface area contributed by atoms with Gasteiger partial charge in [-0.3, -0.25) is 0 Å². The van der Waals surface area contributed by atoms with Crippen molar-refractivity contribution in [2.45, 2.75) is 25.8 Å². The minimum atomic E-state index is 0.724. The lowest BCUT2D eigenvalue weighted by molar-refractivity contribution is 0.643. The van der Waals surface area contributed by atoms with Crippen LogP contribution in [0.15, 0.2) is 24.3 Å². The van der Waals surface area contributed by atoms with Crippen LogP contribution < -0.4 is 4.90 Å². The van der Waals surface area contributed by atoms with Crippen LogP contribution in [0.2, 0.25) is 0 Å². The molecule has 1 unspecified atom stereocenters. The van der Waals surface area contributed by atoms with Gasteiger partial charge in [0.05, 0.1) is 0 Å². The first-order valence-electron chi connectivity index (χ1n) is 4.63. The molecule has 1 atom stereocenters. The Hall–Kier alpha value is -0.980. The summed E-state index contributed by atoms with van der Waals surface area (Å²) < 4.78 is 0. The van der Waals surface area contributed by atoms with Gasteiger partial charge in [-0.2, -0.15) is 0 Å². The predicted octanol–water partition coefficient (Wildman–Crippen LogP) is 2.46. The Kier molecular flexibility index (Phi) is 1.80. The van der Waals surface area contributed by atoms with Gasteiger partial charge in [-0.05, 0) is 24.5 Å². The van der Waals surface area contributed by atoms with E-state index in [4.69, 9.17) is 0 Å². The van der Waals surface area contributed by atoms with E-state index in [0.29, 0.717) is 0 Å². The maximum atomic E-state index is 2.40. The molecule has 0 aromatic heterocycles. The Morgan fingerprint density at radius 3 is 2.83 bits per heavy atom. The number of hydrogen-bond donors (Lipinski definition) is 0. The number of benzene rings is 1. The standard InChI is InChI=1S/C11H15N/c1-3-10-8-9-6-4-5-7-11(9)12(10)2/h4-7,10H,3,8H2,1-2H3. The van der Waals surface area contributed by atoms with Crippen molar-refractivity contribution in [1.29, 1.82) is 0 Å². The van der Waals surface area contributed by atoms with Crippen molar-refractivity contribution in [3.63, 3.8) is 0 Å². The van der Waals surface area contributed by atoms with Gasteiger partial charge in [0.2, 0.25) is 0 Å². The van der Waals surface area contributed by atoms with Crippen LogP contribution in [0.5, 0.6) is 0 Å². The number of fused-ring (bicyclic) bond motifs is 1. The zero-order valence-electron chi connectivity index (χ0n) is 7.75. The van der Waals surface area contributed by atoms with Gasteiger partial charge in [-0.15, -0.1) is 0 Å². The highest BCUT2D eigenvalue weighted by Gasteiger charge is 2.23. The fourth-order valence-corrected chi connectivity index (χ4v) is 2.03. The minimum absolute atomic E-state index is 0.724. The molecule has 1 heterocycles. The van der Waals surface area contributed by atoms with E-state index in [2.05, 4.69) is 43.1 Å². The monoisotopic (exact) mass is 161 g/mol. The minimum Gasteiger partial charge on any atom is -0.371 e. The van der Waals surface area contributed by atoms with Gasteiger partial charge in [0.1, 0.15) is 0 Å². The average molecular weight is 161 g/mol. The largest absolute Gasteiger partial charge is 0.371 e. The lowest BCUT2D eigenvalue weighted by atomic mass is 10.1. The van der Waals surface area contributed by atoms with Gasteiger partial charge in [0, 0.05) is 18.8 Å². The van der Waals surface area contributed by atoms with Crippen LogP contribution in [-0.4, -0.2) is 13.1 Å². The van der Waals surface area contributed by atoms with E-state index in [9.17, 15) is 0 Å². The highest BCUT2D eigenvalue weighted by atomic mass is 15.2. The first-order chi connectivity index (χ1) is 5.83. The van der Waals surface area contributed by atoms with E-state index in [1.54, 1.807) is 0 Å². The molecular formula is C11H15N. The Balaban J connectivity index is 2.35. The molecule has 2 rings (SSSR count). The zero-order chi connectivity index (χ0) is 8.55. The third-order valence-corrected chi connectivity index (χ3v) is 2.85. The number of hydrogen-bond acceptors (Lipinski definition) is 1. The second-order valence-corrected chi connectivity index (χ2v) is 3.51. The molecule has 0 N–H and O–H groups in total. The Labute approximate surface area is 74.0 Å². The molecule has 64 valence electrons. The van der Waals surface area contributed by atoms with Crippen molar-refractivity contribution in [1.82, 2.24) is 0 Å². The van der Waals surface area contributed by atoms with Crippen molar-refractivity contribution >= 4 is 5.69 Å². The Morgan fingerprint density at radius 2 is 2.17 bits per heavy atom. The van der Waals surface area contributed by atoms with Crippen LogP contribution in [-0.2, 0) is 6.42 Å². The van der Waals surface area contributed by atoms with E-state index in [1.807, 2.05) is 0 Å². The first-order valence-corrected chi connectivity index (χ1v) is 4.63. The molecule has 1 aromatic rings. The topological polar surface area (TPSA) is 3.24 Å². The molecule has 1 heteroatoms. The normalized spacial score (nSPS) is 21.2. The van der Waals surface area contributed by atoms with E-state index in [-0.39, 0.29) is 0 Å². The van der Waals surface area contributed by atoms with E-state index >= 15 is 0 Å². The van der Waals surface area contributed by atoms with E-state index in [1.165, 1.54) is 24.1 Å². The van der Waals surface area contributed by atoms with E-state index < -0.39 is 0 Å². The third kappa shape index (κ3) is 1.01. The molecular weight excluding hydrogens is 146 g/mol. The molecule has 1 aromatic carbocycles. The fourth-order valence-electron chi connectivity index (χ4n) is 2.03. The molecule has 0 fully saturated rings. The summed E-state index contributed by atoms with van der Waals surface area (Å²) in [6.45, 7) is 2.26. The summed E-state index contributed by atoms with van der Waals surface area (Å²) in [5, 5.41) is 0. The zero-order valence-corrected chi connectivity index (χ0v) is 7.75. The Bertz CT molecular complexity index is 280. The lowest BCUT2D eigenvalue weighted by Crippen LogP contribution is -2.26. The van der Waals surface area contributed by atoms with Gasteiger partial charge in [0.25, 0.3) is 0 Å². The number of nitrogens with zero attached hydrogens (tertiary/aromatic N) is 1. The summed E-state index contributed by atoms with van der Waals surface area (Å²) in [6, 6.07) is 9.42. The van der Waals surface area contributed by atoms with Crippen LogP contribution in [0.4, 0.5) is 5.69 Å². The molecule has 0 bridgehead atoms. The number of anilines is 1. The van der Waals surface area contributed by atoms with Gasteiger partial charge in [0.15, 0.2) is 0 Å². The average Bonchev–Trinajstić information content (AvgIpc) is 2.44. The number of rotatable bonds is 1. The quantitative estimate of drug-likeness (QED) is 0.611.